The van der Waals surface area contributed by atoms with Gasteiger partial charge in [0.1, 0.15) is 0 Å². The molecule has 0 rings (SSSR count). The Kier molecular flexibility index (Phi) is 20.9. The van der Waals surface area contributed by atoms with Crippen molar-refractivity contribution in [3.63, 3.8) is 0 Å². The standard InChI is InChI=1S/C22H41O/c1-2-3-4-5-6-7-8-9-10-11-12-13-14-15-16-17-18-19-20-21-22-23/h9-10H,2-8,11-21H2,1H3/b10-9+. The molecule has 0 aliphatic heterocycles. The molecular formula is C22H41O. The van der Waals surface area contributed by atoms with Crippen molar-refractivity contribution in [3.8, 4) is 0 Å². The van der Waals surface area contributed by atoms with Crippen molar-refractivity contribution in [2.45, 2.75) is 122 Å². The van der Waals surface area contributed by atoms with Crippen LogP contribution >= 0.6 is 0 Å². The van der Waals surface area contributed by atoms with Crippen LogP contribution in [0.15, 0.2) is 12.2 Å². The summed E-state index contributed by atoms with van der Waals surface area (Å²) >= 11 is 0. The van der Waals surface area contributed by atoms with Crippen LogP contribution in [0.25, 0.3) is 0 Å². The lowest BCUT2D eigenvalue weighted by Crippen LogP contribution is -1.82. The zero-order valence-corrected chi connectivity index (χ0v) is 15.8. The van der Waals surface area contributed by atoms with Crippen LogP contribution in [0, 0.1) is 0 Å². The van der Waals surface area contributed by atoms with Gasteiger partial charge >= 0.3 is 0 Å². The fourth-order valence-corrected chi connectivity index (χ4v) is 2.98. The fraction of sp³-hybridized carbons (Fsp3) is 0.864. The lowest BCUT2D eigenvalue weighted by molar-refractivity contribution is 0.537. The molecule has 0 saturated heterocycles. The summed E-state index contributed by atoms with van der Waals surface area (Å²) < 4.78 is 0. The molecule has 1 radical (unpaired) electrons. The third-order valence-corrected chi connectivity index (χ3v) is 4.54. The predicted octanol–water partition coefficient (Wildman–Crippen LogP) is 7.69. The molecule has 1 heteroatoms. The van der Waals surface area contributed by atoms with Gasteiger partial charge in [0.15, 0.2) is 6.29 Å². The Morgan fingerprint density at radius 1 is 0.565 bits per heavy atom. The summed E-state index contributed by atoms with van der Waals surface area (Å²) in [5.74, 6) is 0. The highest BCUT2D eigenvalue weighted by molar-refractivity contribution is 5.50. The van der Waals surface area contributed by atoms with Gasteiger partial charge in [-0.2, -0.15) is 0 Å². The highest BCUT2D eigenvalue weighted by atomic mass is 16.1. The molecule has 0 amide bonds. The molecule has 0 atom stereocenters. The van der Waals surface area contributed by atoms with E-state index >= 15 is 0 Å². The highest BCUT2D eigenvalue weighted by Gasteiger charge is 1.93. The van der Waals surface area contributed by atoms with Crippen molar-refractivity contribution < 1.29 is 4.79 Å². The van der Waals surface area contributed by atoms with Gasteiger partial charge in [0, 0.05) is 6.42 Å². The van der Waals surface area contributed by atoms with Crippen molar-refractivity contribution in [2.75, 3.05) is 0 Å². The Morgan fingerprint density at radius 3 is 1.39 bits per heavy atom. The van der Waals surface area contributed by atoms with Crippen LogP contribution in [0.1, 0.15) is 122 Å². The van der Waals surface area contributed by atoms with Crippen LogP contribution in [0.4, 0.5) is 0 Å². The molecule has 23 heavy (non-hydrogen) atoms. The molecule has 0 heterocycles. The predicted molar refractivity (Wildman–Crippen MR) is 104 cm³/mol. The number of hydrogen-bond donors (Lipinski definition) is 0. The minimum Gasteiger partial charge on any atom is -0.291 e. The van der Waals surface area contributed by atoms with Gasteiger partial charge in [-0.25, -0.2) is 0 Å². The zero-order chi connectivity index (χ0) is 16.8. The summed E-state index contributed by atoms with van der Waals surface area (Å²) in [5.41, 5.74) is 0. The molecule has 0 aliphatic carbocycles. The molecule has 0 spiro atoms. The first-order valence-corrected chi connectivity index (χ1v) is 10.4. The maximum absolute atomic E-state index is 10.1. The smallest absolute Gasteiger partial charge is 0.198 e. The summed E-state index contributed by atoms with van der Waals surface area (Å²) in [6, 6.07) is 0. The van der Waals surface area contributed by atoms with E-state index < -0.39 is 0 Å². The first-order valence-electron chi connectivity index (χ1n) is 10.4. The molecule has 0 fully saturated rings. The second-order valence-corrected chi connectivity index (χ2v) is 6.89. The van der Waals surface area contributed by atoms with E-state index in [9.17, 15) is 4.79 Å². The summed E-state index contributed by atoms with van der Waals surface area (Å²) in [6.45, 7) is 2.28. The average molecular weight is 322 g/mol. The van der Waals surface area contributed by atoms with Crippen LogP contribution in [-0.4, -0.2) is 6.29 Å². The van der Waals surface area contributed by atoms with Gasteiger partial charge in [-0.15, -0.1) is 0 Å². The molecule has 0 aromatic heterocycles. The van der Waals surface area contributed by atoms with Crippen LogP contribution in [0.2, 0.25) is 0 Å². The third-order valence-electron chi connectivity index (χ3n) is 4.54. The molecular weight excluding hydrogens is 280 g/mol. The summed E-state index contributed by atoms with van der Waals surface area (Å²) in [5, 5.41) is 0. The Hall–Kier alpha value is -0.590. The maximum atomic E-state index is 10.1. The minimum atomic E-state index is 0.631. The number of rotatable bonds is 19. The lowest BCUT2D eigenvalue weighted by Gasteiger charge is -2.01. The van der Waals surface area contributed by atoms with Gasteiger partial charge < -0.3 is 0 Å². The maximum Gasteiger partial charge on any atom is 0.198 e. The second-order valence-electron chi connectivity index (χ2n) is 6.89. The van der Waals surface area contributed by atoms with Gasteiger partial charge in [-0.1, -0.05) is 96.1 Å². The Balaban J connectivity index is 3.03. The Morgan fingerprint density at radius 2 is 0.957 bits per heavy atom. The van der Waals surface area contributed by atoms with Crippen molar-refractivity contribution in [1.29, 1.82) is 0 Å². The SMILES string of the molecule is CCCCCCCC/C=C/CCCCCCCCCCC[C]=O. The third kappa shape index (κ3) is 21.4. The van der Waals surface area contributed by atoms with E-state index in [2.05, 4.69) is 19.1 Å². The fourth-order valence-electron chi connectivity index (χ4n) is 2.98. The molecule has 1 nitrogen and oxygen atoms in total. The first-order chi connectivity index (χ1) is 11.4. The van der Waals surface area contributed by atoms with Crippen molar-refractivity contribution in [1.82, 2.24) is 0 Å². The Labute approximate surface area is 146 Å². The molecule has 0 aliphatic rings. The molecule has 135 valence electrons. The number of hydrogen-bond acceptors (Lipinski definition) is 1. The zero-order valence-electron chi connectivity index (χ0n) is 15.8. The van der Waals surface area contributed by atoms with E-state index in [0.29, 0.717) is 6.42 Å². The van der Waals surface area contributed by atoms with Crippen LogP contribution < -0.4 is 0 Å². The van der Waals surface area contributed by atoms with Crippen molar-refractivity contribution in [2.24, 2.45) is 0 Å². The monoisotopic (exact) mass is 321 g/mol. The summed E-state index contributed by atoms with van der Waals surface area (Å²) in [6.07, 6.45) is 30.2. The van der Waals surface area contributed by atoms with E-state index in [1.54, 1.807) is 0 Å². The first kappa shape index (κ1) is 22.4. The largest absolute Gasteiger partial charge is 0.291 e. The van der Waals surface area contributed by atoms with E-state index in [1.165, 1.54) is 103 Å². The lowest BCUT2D eigenvalue weighted by atomic mass is 10.1. The quantitative estimate of drug-likeness (QED) is 0.176. The minimum absolute atomic E-state index is 0.631. The van der Waals surface area contributed by atoms with E-state index in [4.69, 9.17) is 0 Å². The summed E-state index contributed by atoms with van der Waals surface area (Å²) in [7, 11) is 0. The molecule has 0 aromatic rings. The van der Waals surface area contributed by atoms with E-state index in [-0.39, 0.29) is 0 Å². The number of carbonyl (C=O) groups excluding carboxylic acids is 1. The van der Waals surface area contributed by atoms with Crippen LogP contribution in [0.5, 0.6) is 0 Å². The highest BCUT2D eigenvalue weighted by Crippen LogP contribution is 2.12. The van der Waals surface area contributed by atoms with Gasteiger partial charge in [0.25, 0.3) is 0 Å². The van der Waals surface area contributed by atoms with Gasteiger partial charge in [0.05, 0.1) is 0 Å². The van der Waals surface area contributed by atoms with Gasteiger partial charge in [-0.3, -0.25) is 4.79 Å². The second kappa shape index (κ2) is 21.4. The van der Waals surface area contributed by atoms with Gasteiger partial charge in [-0.05, 0) is 32.1 Å². The average Bonchev–Trinajstić information content (AvgIpc) is 2.57. The summed E-state index contributed by atoms with van der Waals surface area (Å²) in [4.78, 5) is 10.1. The molecule has 0 N–H and O–H groups in total. The van der Waals surface area contributed by atoms with Gasteiger partial charge in [0.2, 0.25) is 0 Å². The Bertz CT molecular complexity index is 244. The molecule has 0 saturated carbocycles. The topological polar surface area (TPSA) is 17.1 Å². The molecule has 0 unspecified atom stereocenters. The normalized spacial score (nSPS) is 11.3. The number of unbranched alkanes of at least 4 members (excludes halogenated alkanes) is 16. The molecule has 0 bridgehead atoms. The van der Waals surface area contributed by atoms with Crippen molar-refractivity contribution in [3.05, 3.63) is 12.2 Å². The van der Waals surface area contributed by atoms with E-state index in [0.717, 1.165) is 6.42 Å². The van der Waals surface area contributed by atoms with Crippen molar-refractivity contribution >= 4 is 6.29 Å². The van der Waals surface area contributed by atoms with Crippen LogP contribution in [-0.2, 0) is 4.79 Å². The number of allylic oxidation sites excluding steroid dienone is 2. The molecule has 0 aromatic carbocycles. The van der Waals surface area contributed by atoms with E-state index in [1.807, 2.05) is 6.29 Å². The van der Waals surface area contributed by atoms with Crippen LogP contribution in [0.3, 0.4) is 0 Å².